The van der Waals surface area contributed by atoms with E-state index in [-0.39, 0.29) is 12.5 Å². The van der Waals surface area contributed by atoms with Crippen molar-refractivity contribution in [1.82, 2.24) is 13.9 Å². The number of nitrogens with zero attached hydrogens (tertiary/aromatic N) is 3. The molecule has 0 bridgehead atoms. The lowest BCUT2D eigenvalue weighted by Gasteiger charge is -2.32. The molecule has 0 aromatic rings. The van der Waals surface area contributed by atoms with Gasteiger partial charge in [-0.2, -0.15) is 22.3 Å². The molecule has 6 nitrogen and oxygen atoms in total. The largest absolute Gasteiger partial charge is 0.314 e. The molecule has 2 rings (SSSR count). The standard InChI is InChI=1S/C10H18N4O2S/c11-4-1-7-14(10-2-3-10)17(15,16)13-8-5-12-6-9-13/h10,12H,1-3,5-9H2. The second-order valence-electron chi connectivity index (χ2n) is 4.41. The highest BCUT2D eigenvalue weighted by Crippen LogP contribution is 2.30. The maximum Gasteiger partial charge on any atom is 0.282 e. The van der Waals surface area contributed by atoms with Gasteiger partial charge in [0.05, 0.1) is 6.07 Å². The fourth-order valence-electron chi connectivity index (χ4n) is 2.03. The van der Waals surface area contributed by atoms with E-state index in [1.807, 2.05) is 6.07 Å². The Hall–Kier alpha value is -0.680. The summed E-state index contributed by atoms with van der Waals surface area (Å²) in [5, 5.41) is 11.7. The minimum absolute atomic E-state index is 0.128. The van der Waals surface area contributed by atoms with Crippen LogP contribution >= 0.6 is 0 Å². The van der Waals surface area contributed by atoms with Crippen LogP contribution in [0.2, 0.25) is 0 Å². The van der Waals surface area contributed by atoms with Crippen molar-refractivity contribution in [2.45, 2.75) is 25.3 Å². The highest BCUT2D eigenvalue weighted by molar-refractivity contribution is 7.86. The van der Waals surface area contributed by atoms with E-state index < -0.39 is 10.2 Å². The van der Waals surface area contributed by atoms with Crippen LogP contribution in [-0.4, -0.2) is 55.8 Å². The van der Waals surface area contributed by atoms with Crippen LogP contribution in [0, 0.1) is 11.3 Å². The zero-order valence-corrected chi connectivity index (χ0v) is 10.6. The molecule has 1 aliphatic heterocycles. The number of nitrogens with one attached hydrogen (secondary N) is 1. The molecule has 17 heavy (non-hydrogen) atoms. The van der Waals surface area contributed by atoms with Gasteiger partial charge >= 0.3 is 0 Å². The average Bonchev–Trinajstić information content (AvgIpc) is 3.15. The fraction of sp³-hybridized carbons (Fsp3) is 0.900. The summed E-state index contributed by atoms with van der Waals surface area (Å²) in [4.78, 5) is 0. The third kappa shape index (κ3) is 2.96. The lowest BCUT2D eigenvalue weighted by Crippen LogP contribution is -2.52. The van der Waals surface area contributed by atoms with E-state index in [0.29, 0.717) is 32.7 Å². The summed E-state index contributed by atoms with van der Waals surface area (Å²) in [7, 11) is -3.36. The van der Waals surface area contributed by atoms with Gasteiger partial charge in [0.25, 0.3) is 10.2 Å². The molecule has 7 heteroatoms. The molecule has 0 radical (unpaired) electrons. The van der Waals surface area contributed by atoms with E-state index in [1.54, 1.807) is 0 Å². The summed E-state index contributed by atoms with van der Waals surface area (Å²) in [5.41, 5.74) is 0. The average molecular weight is 258 g/mol. The number of nitriles is 1. The Morgan fingerprint density at radius 1 is 1.35 bits per heavy atom. The van der Waals surface area contributed by atoms with E-state index in [4.69, 9.17) is 5.26 Å². The molecule has 1 N–H and O–H groups in total. The normalized spacial score (nSPS) is 22.6. The van der Waals surface area contributed by atoms with Crippen LogP contribution in [0.25, 0.3) is 0 Å². The van der Waals surface area contributed by atoms with Gasteiger partial charge in [-0.15, -0.1) is 0 Å². The van der Waals surface area contributed by atoms with Gasteiger partial charge in [-0.3, -0.25) is 0 Å². The van der Waals surface area contributed by atoms with Gasteiger partial charge in [-0.25, -0.2) is 0 Å². The van der Waals surface area contributed by atoms with E-state index in [1.165, 1.54) is 8.61 Å². The molecule has 1 saturated heterocycles. The molecule has 96 valence electrons. The summed E-state index contributed by atoms with van der Waals surface area (Å²) >= 11 is 0. The molecule has 0 amide bonds. The van der Waals surface area contributed by atoms with Crippen molar-refractivity contribution >= 4 is 10.2 Å². The molecule has 0 aromatic heterocycles. The SMILES string of the molecule is N#CCCN(C1CC1)S(=O)(=O)N1CCNCC1. The number of piperazine rings is 1. The van der Waals surface area contributed by atoms with Crippen LogP contribution in [0.5, 0.6) is 0 Å². The molecule has 0 spiro atoms. The topological polar surface area (TPSA) is 76.4 Å². The summed E-state index contributed by atoms with van der Waals surface area (Å²) in [6.45, 7) is 2.79. The summed E-state index contributed by atoms with van der Waals surface area (Å²) in [6, 6.07) is 2.15. The Labute approximate surface area is 102 Å². The Morgan fingerprint density at radius 2 is 2.00 bits per heavy atom. The monoisotopic (exact) mass is 258 g/mol. The van der Waals surface area contributed by atoms with Crippen molar-refractivity contribution in [3.63, 3.8) is 0 Å². The van der Waals surface area contributed by atoms with Gasteiger partial charge in [0, 0.05) is 45.2 Å². The van der Waals surface area contributed by atoms with Crippen molar-refractivity contribution < 1.29 is 8.42 Å². The van der Waals surface area contributed by atoms with E-state index in [9.17, 15) is 8.42 Å². The number of hydrogen-bond donors (Lipinski definition) is 1. The first-order valence-corrected chi connectivity index (χ1v) is 7.40. The Bertz CT molecular complexity index is 393. The fourth-order valence-corrected chi connectivity index (χ4v) is 3.88. The maximum atomic E-state index is 12.4. The first-order valence-electron chi connectivity index (χ1n) is 6.01. The quantitative estimate of drug-likeness (QED) is 0.722. The van der Waals surface area contributed by atoms with E-state index in [2.05, 4.69) is 5.32 Å². The van der Waals surface area contributed by atoms with Crippen LogP contribution in [-0.2, 0) is 10.2 Å². The molecule has 1 saturated carbocycles. The second kappa shape index (κ2) is 5.31. The molecule has 2 fully saturated rings. The summed E-state index contributed by atoms with van der Waals surface area (Å²) in [5.74, 6) is 0. The van der Waals surface area contributed by atoms with Gasteiger partial charge in [0.1, 0.15) is 0 Å². The van der Waals surface area contributed by atoms with Crippen molar-refractivity contribution in [3.8, 4) is 6.07 Å². The minimum atomic E-state index is -3.36. The third-order valence-electron chi connectivity index (χ3n) is 3.10. The Balaban J connectivity index is 2.07. The smallest absolute Gasteiger partial charge is 0.282 e. The third-order valence-corrected chi connectivity index (χ3v) is 5.19. The van der Waals surface area contributed by atoms with Crippen molar-refractivity contribution in [3.05, 3.63) is 0 Å². The van der Waals surface area contributed by atoms with Crippen molar-refractivity contribution in [2.75, 3.05) is 32.7 Å². The molecular weight excluding hydrogens is 240 g/mol. The van der Waals surface area contributed by atoms with Crippen LogP contribution < -0.4 is 5.32 Å². The molecular formula is C10H18N4O2S. The highest BCUT2D eigenvalue weighted by Gasteiger charge is 2.40. The Kier molecular flexibility index (Phi) is 3.99. The first kappa shape index (κ1) is 12.8. The molecule has 2 aliphatic rings. The van der Waals surface area contributed by atoms with Crippen molar-refractivity contribution in [2.24, 2.45) is 0 Å². The summed E-state index contributed by atoms with van der Waals surface area (Å²) < 4.78 is 27.8. The van der Waals surface area contributed by atoms with E-state index >= 15 is 0 Å². The minimum Gasteiger partial charge on any atom is -0.314 e. The van der Waals surface area contributed by atoms with E-state index in [0.717, 1.165) is 12.8 Å². The number of hydrogen-bond acceptors (Lipinski definition) is 4. The van der Waals surface area contributed by atoms with Gasteiger partial charge in [-0.1, -0.05) is 0 Å². The summed E-state index contributed by atoms with van der Waals surface area (Å²) in [6.07, 6.45) is 2.12. The maximum absolute atomic E-state index is 12.4. The zero-order valence-electron chi connectivity index (χ0n) is 9.80. The molecule has 1 aliphatic carbocycles. The van der Waals surface area contributed by atoms with Crippen LogP contribution in [0.4, 0.5) is 0 Å². The van der Waals surface area contributed by atoms with Crippen molar-refractivity contribution in [1.29, 1.82) is 5.26 Å². The van der Waals surface area contributed by atoms with Gasteiger partial charge < -0.3 is 5.32 Å². The predicted octanol–water partition coefficient (Wildman–Crippen LogP) is -0.486. The zero-order chi connectivity index (χ0) is 12.3. The number of rotatable bonds is 5. The lowest BCUT2D eigenvalue weighted by molar-refractivity contribution is 0.309. The van der Waals surface area contributed by atoms with Crippen LogP contribution in [0.1, 0.15) is 19.3 Å². The highest BCUT2D eigenvalue weighted by atomic mass is 32.2. The van der Waals surface area contributed by atoms with Gasteiger partial charge in [0.2, 0.25) is 0 Å². The van der Waals surface area contributed by atoms with Gasteiger partial charge in [-0.05, 0) is 12.8 Å². The predicted molar refractivity (Wildman–Crippen MR) is 63.3 cm³/mol. The van der Waals surface area contributed by atoms with Gasteiger partial charge in [0.15, 0.2) is 0 Å². The molecule has 0 aromatic carbocycles. The lowest BCUT2D eigenvalue weighted by atomic mass is 10.4. The first-order chi connectivity index (χ1) is 8.16. The molecule has 1 heterocycles. The second-order valence-corrected chi connectivity index (χ2v) is 6.29. The molecule has 0 unspecified atom stereocenters. The van der Waals surface area contributed by atoms with Crippen LogP contribution in [0.15, 0.2) is 0 Å². The van der Waals surface area contributed by atoms with Crippen LogP contribution in [0.3, 0.4) is 0 Å². The molecule has 0 atom stereocenters. The Morgan fingerprint density at radius 3 is 2.53 bits per heavy atom.